The van der Waals surface area contributed by atoms with Crippen LogP contribution in [0.3, 0.4) is 0 Å². The van der Waals surface area contributed by atoms with Crippen molar-refractivity contribution in [3.8, 4) is 0 Å². The van der Waals surface area contributed by atoms with E-state index in [1.807, 2.05) is 0 Å². The Morgan fingerprint density at radius 1 is 1.32 bits per heavy atom. The zero-order valence-electron chi connectivity index (χ0n) is 11.9. The van der Waals surface area contributed by atoms with Gasteiger partial charge in [0.1, 0.15) is 5.03 Å². The summed E-state index contributed by atoms with van der Waals surface area (Å²) in [6.45, 7) is 9.67. The number of nitrogens with one attached hydrogen (secondary N) is 2. The van der Waals surface area contributed by atoms with Gasteiger partial charge in [-0.15, -0.1) is 11.8 Å². The Hall–Kier alpha value is -1.30. The number of hydrogen-bond acceptors (Lipinski definition) is 5. The van der Waals surface area contributed by atoms with Gasteiger partial charge in [-0.3, -0.25) is 5.10 Å². The highest BCUT2D eigenvalue weighted by Crippen LogP contribution is 2.31. The minimum atomic E-state index is 0.507. The zero-order chi connectivity index (χ0) is 13.8. The molecule has 2 heterocycles. The molecule has 0 spiro atoms. The van der Waals surface area contributed by atoms with Crippen molar-refractivity contribution in [2.75, 3.05) is 11.9 Å². The van der Waals surface area contributed by atoms with E-state index in [0.29, 0.717) is 17.1 Å². The number of anilines is 1. The predicted molar refractivity (Wildman–Crippen MR) is 80.6 cm³/mol. The Bertz CT molecular complexity index is 537. The van der Waals surface area contributed by atoms with Gasteiger partial charge in [0.15, 0.2) is 5.65 Å². The van der Waals surface area contributed by atoms with E-state index in [4.69, 9.17) is 0 Å². The maximum atomic E-state index is 4.61. The summed E-state index contributed by atoms with van der Waals surface area (Å²) in [6, 6.07) is 0. The number of hydrogen-bond donors (Lipinski definition) is 2. The molecule has 2 N–H and O–H groups in total. The van der Waals surface area contributed by atoms with Crippen LogP contribution in [-0.2, 0) is 0 Å². The lowest BCUT2D eigenvalue weighted by molar-refractivity contribution is 0.641. The summed E-state index contributed by atoms with van der Waals surface area (Å²) in [5, 5.41) is 12.7. The molecular formula is C13H21N5S. The van der Waals surface area contributed by atoms with Gasteiger partial charge in [-0.05, 0) is 12.3 Å². The second-order valence-corrected chi connectivity index (χ2v) is 6.34. The van der Waals surface area contributed by atoms with Crippen LogP contribution >= 0.6 is 11.8 Å². The van der Waals surface area contributed by atoms with Crippen molar-refractivity contribution < 1.29 is 0 Å². The molecule has 0 radical (unpaired) electrons. The van der Waals surface area contributed by atoms with Crippen molar-refractivity contribution in [3.63, 3.8) is 0 Å². The first-order valence-corrected chi connectivity index (χ1v) is 7.61. The molecule has 1 atom stereocenters. The van der Waals surface area contributed by atoms with Crippen molar-refractivity contribution >= 4 is 28.7 Å². The van der Waals surface area contributed by atoms with Crippen molar-refractivity contribution in [2.24, 2.45) is 5.92 Å². The third-order valence-electron chi connectivity index (χ3n) is 3.04. The molecule has 0 bridgehead atoms. The van der Waals surface area contributed by atoms with Crippen molar-refractivity contribution in [3.05, 3.63) is 6.20 Å². The van der Waals surface area contributed by atoms with Gasteiger partial charge in [0.05, 0.1) is 11.6 Å². The highest BCUT2D eigenvalue weighted by molar-refractivity contribution is 8.00. The Morgan fingerprint density at radius 3 is 2.79 bits per heavy atom. The maximum absolute atomic E-state index is 4.61. The van der Waals surface area contributed by atoms with E-state index in [1.165, 1.54) is 0 Å². The number of rotatable bonds is 6. The third kappa shape index (κ3) is 3.37. The van der Waals surface area contributed by atoms with E-state index in [-0.39, 0.29) is 0 Å². The van der Waals surface area contributed by atoms with Crippen molar-refractivity contribution in [1.29, 1.82) is 0 Å². The maximum Gasteiger partial charge on any atom is 0.225 e. The number of aromatic amines is 1. The number of nitrogens with zero attached hydrogens (tertiary/aromatic N) is 3. The summed E-state index contributed by atoms with van der Waals surface area (Å²) in [6.07, 6.45) is 2.85. The normalized spacial score (nSPS) is 13.1. The SMILES string of the molecule is CCCNc1nc(SC(C)C(C)C)c2cn[nH]c2n1. The molecule has 6 heteroatoms. The third-order valence-corrected chi connectivity index (χ3v) is 4.49. The van der Waals surface area contributed by atoms with E-state index < -0.39 is 0 Å². The van der Waals surface area contributed by atoms with E-state index in [1.54, 1.807) is 18.0 Å². The smallest absolute Gasteiger partial charge is 0.225 e. The van der Waals surface area contributed by atoms with Gasteiger partial charge in [-0.25, -0.2) is 4.98 Å². The molecule has 5 nitrogen and oxygen atoms in total. The van der Waals surface area contributed by atoms with Gasteiger partial charge in [-0.2, -0.15) is 10.1 Å². The number of H-pyrrole nitrogens is 1. The molecule has 0 aromatic carbocycles. The quantitative estimate of drug-likeness (QED) is 0.627. The molecular weight excluding hydrogens is 258 g/mol. The molecule has 0 saturated heterocycles. The molecule has 0 aliphatic heterocycles. The Morgan fingerprint density at radius 2 is 2.11 bits per heavy atom. The highest BCUT2D eigenvalue weighted by atomic mass is 32.2. The van der Waals surface area contributed by atoms with Crippen LogP contribution in [0.5, 0.6) is 0 Å². The molecule has 0 aliphatic carbocycles. The highest BCUT2D eigenvalue weighted by Gasteiger charge is 2.15. The van der Waals surface area contributed by atoms with Crippen LogP contribution in [0.25, 0.3) is 11.0 Å². The molecule has 2 aromatic rings. The summed E-state index contributed by atoms with van der Waals surface area (Å²) in [7, 11) is 0. The summed E-state index contributed by atoms with van der Waals surface area (Å²) in [5.41, 5.74) is 0.798. The number of thioether (sulfide) groups is 1. The van der Waals surface area contributed by atoms with Crippen LogP contribution in [0.2, 0.25) is 0 Å². The topological polar surface area (TPSA) is 66.5 Å². The van der Waals surface area contributed by atoms with E-state index in [2.05, 4.69) is 53.2 Å². The van der Waals surface area contributed by atoms with Crippen LogP contribution < -0.4 is 5.32 Å². The average Bonchev–Trinajstić information content (AvgIpc) is 2.84. The summed E-state index contributed by atoms with van der Waals surface area (Å²) >= 11 is 1.78. The first kappa shape index (κ1) is 14.1. The minimum Gasteiger partial charge on any atom is -0.354 e. The zero-order valence-corrected chi connectivity index (χ0v) is 12.7. The first-order chi connectivity index (χ1) is 9.11. The van der Waals surface area contributed by atoms with Crippen LogP contribution in [0.4, 0.5) is 5.95 Å². The molecule has 0 fully saturated rings. The second kappa shape index (κ2) is 6.23. The predicted octanol–water partition coefficient (Wildman–Crippen LogP) is 3.31. The molecule has 19 heavy (non-hydrogen) atoms. The molecule has 1 unspecified atom stereocenters. The lowest BCUT2D eigenvalue weighted by atomic mass is 10.2. The van der Waals surface area contributed by atoms with E-state index >= 15 is 0 Å². The summed E-state index contributed by atoms with van der Waals surface area (Å²) in [4.78, 5) is 9.05. The van der Waals surface area contributed by atoms with Gasteiger partial charge in [-0.1, -0.05) is 27.7 Å². The van der Waals surface area contributed by atoms with Gasteiger partial charge in [0, 0.05) is 11.8 Å². The molecule has 0 aliphatic rings. The van der Waals surface area contributed by atoms with E-state index in [9.17, 15) is 0 Å². The van der Waals surface area contributed by atoms with Gasteiger partial charge < -0.3 is 5.32 Å². The van der Waals surface area contributed by atoms with Crippen LogP contribution in [0, 0.1) is 5.92 Å². The van der Waals surface area contributed by atoms with Crippen molar-refractivity contribution in [1.82, 2.24) is 20.2 Å². The Kier molecular flexibility index (Phi) is 4.63. The summed E-state index contributed by atoms with van der Waals surface area (Å²) < 4.78 is 0. The molecule has 104 valence electrons. The monoisotopic (exact) mass is 279 g/mol. The van der Waals surface area contributed by atoms with Crippen LogP contribution in [0.15, 0.2) is 11.2 Å². The minimum absolute atomic E-state index is 0.507. The van der Waals surface area contributed by atoms with E-state index in [0.717, 1.165) is 29.0 Å². The largest absolute Gasteiger partial charge is 0.354 e. The van der Waals surface area contributed by atoms with Gasteiger partial charge in [0.25, 0.3) is 0 Å². The first-order valence-electron chi connectivity index (χ1n) is 6.73. The lowest BCUT2D eigenvalue weighted by Crippen LogP contribution is -2.08. The van der Waals surface area contributed by atoms with Crippen molar-refractivity contribution in [2.45, 2.75) is 44.4 Å². The van der Waals surface area contributed by atoms with Crippen LogP contribution in [-0.4, -0.2) is 32.0 Å². The van der Waals surface area contributed by atoms with Gasteiger partial charge in [0.2, 0.25) is 5.95 Å². The fraction of sp³-hybridized carbons (Fsp3) is 0.615. The Balaban J connectivity index is 2.31. The average molecular weight is 279 g/mol. The molecule has 0 amide bonds. The standard InChI is InChI=1S/C13H21N5S/c1-5-6-14-13-16-11-10(7-15-18-11)12(17-13)19-9(4)8(2)3/h7-9H,5-6H2,1-4H3,(H2,14,15,16,17,18). The lowest BCUT2D eigenvalue weighted by Gasteiger charge is -2.15. The summed E-state index contributed by atoms with van der Waals surface area (Å²) in [5.74, 6) is 1.28. The molecule has 2 aromatic heterocycles. The molecule has 0 saturated carbocycles. The fourth-order valence-electron chi connectivity index (χ4n) is 1.53. The molecule has 2 rings (SSSR count). The fourth-order valence-corrected chi connectivity index (χ4v) is 2.57. The number of fused-ring (bicyclic) bond motifs is 1. The second-order valence-electron chi connectivity index (χ2n) is 4.98. The number of aromatic nitrogens is 4. The Labute approximate surface area is 118 Å². The van der Waals surface area contributed by atoms with Crippen LogP contribution in [0.1, 0.15) is 34.1 Å². The van der Waals surface area contributed by atoms with Gasteiger partial charge >= 0.3 is 0 Å².